The Bertz CT molecular complexity index is 673. The number of pyridine rings is 1. The summed E-state index contributed by atoms with van der Waals surface area (Å²) < 4.78 is 1.67. The summed E-state index contributed by atoms with van der Waals surface area (Å²) in [6.07, 6.45) is 3.14. The lowest BCUT2D eigenvalue weighted by Gasteiger charge is -2.36. The average Bonchev–Trinajstić information content (AvgIpc) is 2.88. The average molecular weight is 289 g/mol. The van der Waals surface area contributed by atoms with Crippen LogP contribution in [0.25, 0.3) is 11.0 Å². The molecule has 7 heteroatoms. The van der Waals surface area contributed by atoms with Gasteiger partial charge in [-0.2, -0.15) is 5.10 Å². The van der Waals surface area contributed by atoms with Crippen LogP contribution < -0.4 is 4.90 Å². The van der Waals surface area contributed by atoms with Gasteiger partial charge in [-0.15, -0.1) is 0 Å². The SMILES string of the molecule is CCN1CCN(c2c(C(=O)O)cnc3c2cnn3C)CC1. The Balaban J connectivity index is 2.06. The number of hydrogen-bond acceptors (Lipinski definition) is 5. The molecule has 1 fully saturated rings. The van der Waals surface area contributed by atoms with E-state index in [2.05, 4.69) is 26.8 Å². The molecule has 0 amide bonds. The van der Waals surface area contributed by atoms with Gasteiger partial charge in [-0.3, -0.25) is 4.68 Å². The molecule has 0 bridgehead atoms. The summed E-state index contributed by atoms with van der Waals surface area (Å²) in [5.41, 5.74) is 1.71. The van der Waals surface area contributed by atoms with Gasteiger partial charge in [0, 0.05) is 39.4 Å². The second kappa shape index (κ2) is 5.33. The Kier molecular flexibility index (Phi) is 3.50. The van der Waals surface area contributed by atoms with Crippen LogP contribution in [0.15, 0.2) is 12.4 Å². The number of aromatic carboxylic acids is 1. The molecular formula is C14H19N5O2. The Morgan fingerprint density at radius 1 is 1.29 bits per heavy atom. The highest BCUT2D eigenvalue weighted by Gasteiger charge is 2.24. The summed E-state index contributed by atoms with van der Waals surface area (Å²) in [7, 11) is 1.81. The van der Waals surface area contributed by atoms with Crippen molar-refractivity contribution < 1.29 is 9.90 Å². The molecule has 0 radical (unpaired) electrons. The van der Waals surface area contributed by atoms with Crippen LogP contribution in [0.3, 0.4) is 0 Å². The smallest absolute Gasteiger partial charge is 0.339 e. The van der Waals surface area contributed by atoms with E-state index in [1.807, 2.05) is 7.05 Å². The quantitative estimate of drug-likeness (QED) is 0.901. The van der Waals surface area contributed by atoms with Gasteiger partial charge in [0.05, 0.1) is 17.3 Å². The minimum absolute atomic E-state index is 0.250. The summed E-state index contributed by atoms with van der Waals surface area (Å²) in [6.45, 7) is 6.70. The molecule has 0 aliphatic carbocycles. The third-order valence-corrected chi connectivity index (χ3v) is 4.10. The predicted octanol–water partition coefficient (Wildman–Crippen LogP) is 0.808. The standard InChI is InChI=1S/C14H19N5O2/c1-3-18-4-6-19(7-5-18)12-10-9-16-17(2)13(10)15-8-11(12)14(20)21/h8-9H,3-7H2,1-2H3,(H,20,21). The molecule has 7 nitrogen and oxygen atoms in total. The monoisotopic (exact) mass is 289 g/mol. The number of piperazine rings is 1. The second-order valence-electron chi connectivity index (χ2n) is 5.25. The van der Waals surface area contributed by atoms with Gasteiger partial charge in [0.25, 0.3) is 0 Å². The Hall–Kier alpha value is -2.15. The number of aryl methyl sites for hydroxylation is 1. The summed E-state index contributed by atoms with van der Waals surface area (Å²) in [5, 5.41) is 14.5. The number of carboxylic acids is 1. The van der Waals surface area contributed by atoms with Crippen LogP contribution in [0.5, 0.6) is 0 Å². The van der Waals surface area contributed by atoms with Crippen LogP contribution in [0, 0.1) is 0 Å². The highest BCUT2D eigenvalue weighted by atomic mass is 16.4. The molecule has 0 spiro atoms. The molecule has 21 heavy (non-hydrogen) atoms. The lowest BCUT2D eigenvalue weighted by atomic mass is 10.1. The summed E-state index contributed by atoms with van der Waals surface area (Å²) >= 11 is 0. The van der Waals surface area contributed by atoms with Crippen LogP contribution >= 0.6 is 0 Å². The molecule has 1 aliphatic rings. The van der Waals surface area contributed by atoms with Crippen molar-refractivity contribution in [2.45, 2.75) is 6.92 Å². The van der Waals surface area contributed by atoms with E-state index in [1.54, 1.807) is 10.9 Å². The lowest BCUT2D eigenvalue weighted by Crippen LogP contribution is -2.46. The summed E-state index contributed by atoms with van der Waals surface area (Å²) in [6, 6.07) is 0. The normalized spacial score (nSPS) is 16.6. The molecule has 3 heterocycles. The van der Waals surface area contributed by atoms with E-state index in [-0.39, 0.29) is 5.56 Å². The van der Waals surface area contributed by atoms with Crippen molar-refractivity contribution in [3.8, 4) is 0 Å². The molecule has 2 aromatic heterocycles. The zero-order chi connectivity index (χ0) is 15.0. The van der Waals surface area contributed by atoms with Crippen LogP contribution in [0.2, 0.25) is 0 Å². The lowest BCUT2D eigenvalue weighted by molar-refractivity contribution is 0.0697. The topological polar surface area (TPSA) is 74.5 Å². The molecule has 3 rings (SSSR count). The van der Waals surface area contributed by atoms with Crippen molar-refractivity contribution in [1.29, 1.82) is 0 Å². The number of likely N-dealkylation sites (N-methyl/N-ethyl adjacent to an activating group) is 1. The number of fused-ring (bicyclic) bond motifs is 1. The highest BCUT2D eigenvalue weighted by Crippen LogP contribution is 2.30. The zero-order valence-electron chi connectivity index (χ0n) is 12.3. The molecule has 1 aliphatic heterocycles. The Labute approximate surface area is 122 Å². The maximum Gasteiger partial charge on any atom is 0.339 e. The minimum Gasteiger partial charge on any atom is -0.478 e. The van der Waals surface area contributed by atoms with Crippen LogP contribution in [0.1, 0.15) is 17.3 Å². The Morgan fingerprint density at radius 3 is 2.62 bits per heavy atom. The van der Waals surface area contributed by atoms with E-state index < -0.39 is 5.97 Å². The first kappa shape index (κ1) is 13.8. The molecule has 0 saturated carbocycles. The fraction of sp³-hybridized carbons (Fsp3) is 0.500. The first-order chi connectivity index (χ1) is 10.1. The van der Waals surface area contributed by atoms with Gasteiger partial charge >= 0.3 is 5.97 Å². The first-order valence-electron chi connectivity index (χ1n) is 7.13. The highest BCUT2D eigenvalue weighted by molar-refractivity contribution is 6.03. The van der Waals surface area contributed by atoms with Crippen molar-refractivity contribution >= 4 is 22.7 Å². The summed E-state index contributed by atoms with van der Waals surface area (Å²) in [4.78, 5) is 20.3. The van der Waals surface area contributed by atoms with E-state index in [0.29, 0.717) is 5.65 Å². The maximum absolute atomic E-state index is 11.5. The van der Waals surface area contributed by atoms with Crippen molar-refractivity contribution in [3.05, 3.63) is 18.0 Å². The summed E-state index contributed by atoms with van der Waals surface area (Å²) in [5.74, 6) is -0.943. The van der Waals surface area contributed by atoms with E-state index in [0.717, 1.165) is 43.8 Å². The van der Waals surface area contributed by atoms with Gasteiger partial charge in [0.1, 0.15) is 5.56 Å². The molecular weight excluding hydrogens is 270 g/mol. The maximum atomic E-state index is 11.5. The number of rotatable bonds is 3. The number of carbonyl (C=O) groups is 1. The third-order valence-electron chi connectivity index (χ3n) is 4.10. The van der Waals surface area contributed by atoms with E-state index in [9.17, 15) is 9.90 Å². The van der Waals surface area contributed by atoms with Crippen LogP contribution in [-0.2, 0) is 7.05 Å². The van der Waals surface area contributed by atoms with Crippen molar-refractivity contribution in [3.63, 3.8) is 0 Å². The molecule has 0 aromatic carbocycles. The van der Waals surface area contributed by atoms with E-state index in [1.165, 1.54) is 6.20 Å². The molecule has 112 valence electrons. The molecule has 0 atom stereocenters. The predicted molar refractivity (Wildman–Crippen MR) is 79.8 cm³/mol. The van der Waals surface area contributed by atoms with Gasteiger partial charge in [-0.25, -0.2) is 9.78 Å². The van der Waals surface area contributed by atoms with Gasteiger partial charge in [0.2, 0.25) is 0 Å². The fourth-order valence-corrected chi connectivity index (χ4v) is 2.87. The van der Waals surface area contributed by atoms with Crippen LogP contribution in [-0.4, -0.2) is 63.5 Å². The molecule has 1 saturated heterocycles. The zero-order valence-corrected chi connectivity index (χ0v) is 12.3. The molecule has 0 unspecified atom stereocenters. The number of hydrogen-bond donors (Lipinski definition) is 1. The molecule has 2 aromatic rings. The number of aromatic nitrogens is 3. The first-order valence-corrected chi connectivity index (χ1v) is 7.13. The second-order valence-corrected chi connectivity index (χ2v) is 5.25. The largest absolute Gasteiger partial charge is 0.478 e. The Morgan fingerprint density at radius 2 is 2.00 bits per heavy atom. The fourth-order valence-electron chi connectivity index (χ4n) is 2.87. The van der Waals surface area contributed by atoms with Crippen molar-refractivity contribution in [1.82, 2.24) is 19.7 Å². The van der Waals surface area contributed by atoms with Crippen molar-refractivity contribution in [2.24, 2.45) is 7.05 Å². The van der Waals surface area contributed by atoms with Gasteiger partial charge in [0.15, 0.2) is 5.65 Å². The minimum atomic E-state index is -0.943. The van der Waals surface area contributed by atoms with Crippen LogP contribution in [0.4, 0.5) is 5.69 Å². The number of nitrogens with zero attached hydrogens (tertiary/aromatic N) is 5. The van der Waals surface area contributed by atoms with E-state index >= 15 is 0 Å². The van der Waals surface area contributed by atoms with Gasteiger partial charge in [-0.05, 0) is 6.54 Å². The van der Waals surface area contributed by atoms with Gasteiger partial charge < -0.3 is 14.9 Å². The van der Waals surface area contributed by atoms with Crippen molar-refractivity contribution in [2.75, 3.05) is 37.6 Å². The van der Waals surface area contributed by atoms with Gasteiger partial charge in [-0.1, -0.05) is 6.92 Å². The molecule has 1 N–H and O–H groups in total. The number of carboxylic acid groups (broad SMARTS) is 1. The number of anilines is 1. The van der Waals surface area contributed by atoms with E-state index in [4.69, 9.17) is 0 Å². The third kappa shape index (κ3) is 2.33.